The molecule has 22 heteroatoms. The van der Waals surface area contributed by atoms with E-state index < -0.39 is 71.5 Å². The van der Waals surface area contributed by atoms with E-state index >= 15 is 4.39 Å². The number of carbonyl (C=O) groups excluding carboxylic acids is 3. The van der Waals surface area contributed by atoms with E-state index in [0.717, 1.165) is 13.8 Å². The average molecular weight is 977 g/mol. The van der Waals surface area contributed by atoms with Gasteiger partial charge in [0, 0.05) is 6.92 Å². The lowest BCUT2D eigenvalue weighted by Gasteiger charge is -2.36. The van der Waals surface area contributed by atoms with Crippen LogP contribution in [0.3, 0.4) is 0 Å². The fraction of sp³-hybridized carbons (Fsp3) is 0.435. The average Bonchev–Trinajstić information content (AvgIpc) is 4.09. The number of hydrogen-bond donors (Lipinski definition) is 2. The Bertz CT molecular complexity index is 2820. The number of benzene rings is 2. The number of esters is 3. The number of hydrogen-bond acceptors (Lipinski definition) is 19. The molecule has 2 unspecified atom stereocenters. The van der Waals surface area contributed by atoms with Gasteiger partial charge in [-0.15, -0.1) is 16.9 Å². The van der Waals surface area contributed by atoms with Gasteiger partial charge in [0.15, 0.2) is 29.0 Å². The summed E-state index contributed by atoms with van der Waals surface area (Å²) in [5.41, 5.74) is 3.70. The second kappa shape index (κ2) is 19.0. The zero-order valence-corrected chi connectivity index (χ0v) is 39.4. The lowest BCUT2D eigenvalue weighted by Crippen LogP contribution is -2.53. The van der Waals surface area contributed by atoms with Crippen molar-refractivity contribution in [2.75, 3.05) is 24.9 Å². The molecule has 9 rings (SSSR count). The number of nitrogens with zero attached hydrogens (tertiary/aromatic N) is 7. The number of fused-ring (bicyclic) bond motifs is 3. The van der Waals surface area contributed by atoms with Crippen molar-refractivity contribution < 1.29 is 57.0 Å². The molecule has 0 radical (unpaired) electrons. The summed E-state index contributed by atoms with van der Waals surface area (Å²) < 4.78 is 61.5. The molecule has 3 saturated heterocycles. The van der Waals surface area contributed by atoms with Gasteiger partial charge in [-0.3, -0.25) is 4.79 Å². The van der Waals surface area contributed by atoms with E-state index in [-0.39, 0.29) is 36.0 Å². The number of carbonyl (C=O) groups is 3. The summed E-state index contributed by atoms with van der Waals surface area (Å²) in [6, 6.07) is 19.6. The fourth-order valence-electron chi connectivity index (χ4n) is 8.71. The lowest BCUT2D eigenvalue weighted by atomic mass is 9.87. The summed E-state index contributed by atoms with van der Waals surface area (Å²) in [6.07, 6.45) is 3.04. The quantitative estimate of drug-likeness (QED) is 0.0822. The van der Waals surface area contributed by atoms with E-state index in [1.54, 1.807) is 73.2 Å². The Balaban J connectivity index is 0.000000231. The number of ether oxygens (including phenoxy) is 7. The number of alkyl halides is 1. The summed E-state index contributed by atoms with van der Waals surface area (Å²) in [5, 5.41) is 21.1. The molecule has 8 atom stereocenters. The van der Waals surface area contributed by atoms with Crippen molar-refractivity contribution in [3.63, 3.8) is 0 Å². The van der Waals surface area contributed by atoms with Crippen LogP contribution in [0.2, 0.25) is 0 Å². The predicted molar refractivity (Wildman–Crippen MR) is 246 cm³/mol. The molecule has 0 aliphatic carbocycles. The first-order chi connectivity index (χ1) is 31.8. The highest BCUT2D eigenvalue weighted by atomic mass is 32.2. The van der Waals surface area contributed by atoms with Gasteiger partial charge in [-0.2, -0.15) is 5.10 Å². The summed E-state index contributed by atoms with van der Waals surface area (Å²) in [6.45, 7) is 9.10. The van der Waals surface area contributed by atoms with Crippen molar-refractivity contribution in [3.8, 4) is 0 Å². The van der Waals surface area contributed by atoms with Crippen LogP contribution in [-0.4, -0.2) is 118 Å². The van der Waals surface area contributed by atoms with Gasteiger partial charge in [0.25, 0.3) is 5.79 Å². The van der Waals surface area contributed by atoms with Crippen molar-refractivity contribution in [3.05, 3.63) is 108 Å². The maximum absolute atomic E-state index is 17.5. The zero-order valence-electron chi connectivity index (χ0n) is 37.7. The molecule has 6 aromatic rings. The second-order valence-corrected chi connectivity index (χ2v) is 18.2. The third-order valence-corrected chi connectivity index (χ3v) is 13.0. The lowest BCUT2D eigenvalue weighted by molar-refractivity contribution is -0.310. The van der Waals surface area contributed by atoms with Gasteiger partial charge < -0.3 is 44.0 Å². The van der Waals surface area contributed by atoms with Gasteiger partial charge in [-0.05, 0) is 83.0 Å². The van der Waals surface area contributed by atoms with Crippen molar-refractivity contribution in [1.29, 1.82) is 0 Å². The molecular formula is C46H53FN8O11S2. The number of anilines is 1. The Morgan fingerprint density at radius 1 is 0.868 bits per heavy atom. The maximum atomic E-state index is 17.5. The Morgan fingerprint density at radius 3 is 2.15 bits per heavy atom. The third kappa shape index (κ3) is 8.55. The first-order valence-electron chi connectivity index (χ1n) is 21.1. The molecule has 0 amide bonds. The Hall–Kier alpha value is -5.75. The Labute approximate surface area is 399 Å². The number of halogens is 1. The van der Waals surface area contributed by atoms with Gasteiger partial charge in [0.05, 0.1) is 23.4 Å². The van der Waals surface area contributed by atoms with Crippen molar-refractivity contribution in [2.45, 2.75) is 119 Å². The summed E-state index contributed by atoms with van der Waals surface area (Å²) in [4.78, 5) is 51.3. The molecule has 7 heterocycles. The van der Waals surface area contributed by atoms with Crippen LogP contribution in [0.1, 0.15) is 87.5 Å². The smallest absolute Gasteiger partial charge is 0.338 e. The number of nitrogen functional groups attached to an aromatic ring is 1. The zero-order chi connectivity index (χ0) is 48.1. The topological polar surface area (TPSA) is 235 Å². The molecule has 0 bridgehead atoms. The molecule has 68 heavy (non-hydrogen) atoms. The second-order valence-electron chi connectivity index (χ2n) is 16.6. The van der Waals surface area contributed by atoms with Gasteiger partial charge in [0.2, 0.25) is 16.6 Å². The highest BCUT2D eigenvalue weighted by Crippen LogP contribution is 2.56. The van der Waals surface area contributed by atoms with Crippen LogP contribution in [0, 0.1) is 0 Å². The van der Waals surface area contributed by atoms with Crippen molar-refractivity contribution in [2.24, 2.45) is 0 Å². The number of aromatic nitrogens is 7. The first kappa shape index (κ1) is 50.1. The van der Waals surface area contributed by atoms with Gasteiger partial charge in [-0.1, -0.05) is 62.5 Å². The SMILES string of the molecule is C.CC[C@H]1OC(O)(c2ccc3c(N)ncnn23)[C@]2(C)OC(C)(C)O[C@H]12.CSc1nc(SC)c2ncc(C3(OC(C)=O)O[C@H](COC(=O)c4ccccc4)[C@@H](OC(=O)c4ccccc4)[C@@]3(C)F)n2n1. The van der Waals surface area contributed by atoms with Crippen LogP contribution in [0.5, 0.6) is 0 Å². The normalized spacial score (nSPS) is 28.0. The molecule has 2 aromatic carbocycles. The minimum absolute atomic E-state index is 0. The number of thioether (sulfide) groups is 2. The van der Waals surface area contributed by atoms with Crippen LogP contribution < -0.4 is 5.73 Å². The van der Waals surface area contributed by atoms with E-state index in [9.17, 15) is 19.5 Å². The largest absolute Gasteiger partial charge is 0.459 e. The van der Waals surface area contributed by atoms with Crippen LogP contribution in [0.15, 0.2) is 95.5 Å². The maximum Gasteiger partial charge on any atom is 0.338 e. The standard InChI is InChI=1S/C29H27FN4O7S2.C16H22N4O4.CH4/c1-17(35)40-29(21-15-31-23-24(42-3)32-27(43-4)33-34(21)23)28(2,30)22(39-26(37)19-13-9-6-10-14-19)20(41-29)16-38-25(36)18-11-7-5-8-12-18;1-5-10-12-15(4,24-14(2,3)23-12)16(21,22-10)11-7-6-9-13(17)18-8-19-20(9)11;/h5-15,20,22H,16H2,1-4H3;6-8,10,12,21H,5H2,1-4H3,(H2,17,18,19);1H4/t20-,22-,28-,29?;10-,12-,15-,16?;/m11./s1. The molecule has 3 aliphatic heterocycles. The van der Waals surface area contributed by atoms with Crippen LogP contribution in [0.4, 0.5) is 10.2 Å². The molecule has 0 spiro atoms. The highest BCUT2D eigenvalue weighted by Gasteiger charge is 2.73. The Kier molecular flexibility index (Phi) is 14.0. The van der Waals surface area contributed by atoms with Crippen LogP contribution >= 0.6 is 23.5 Å². The fourth-order valence-corrected chi connectivity index (χ4v) is 9.61. The van der Waals surface area contributed by atoms with E-state index in [4.69, 9.17) is 38.9 Å². The number of rotatable bonds is 11. The molecule has 0 saturated carbocycles. The van der Waals surface area contributed by atoms with E-state index in [0.29, 0.717) is 33.6 Å². The van der Waals surface area contributed by atoms with Crippen LogP contribution in [-0.2, 0) is 49.5 Å². The monoisotopic (exact) mass is 976 g/mol. The minimum atomic E-state index is -2.74. The molecule has 3 aliphatic rings. The van der Waals surface area contributed by atoms with Gasteiger partial charge >= 0.3 is 17.9 Å². The number of aliphatic hydroxyl groups is 1. The third-order valence-electron chi connectivity index (χ3n) is 11.8. The molecule has 362 valence electrons. The van der Waals surface area contributed by atoms with E-state index in [1.807, 2.05) is 27.7 Å². The van der Waals surface area contributed by atoms with Gasteiger partial charge in [-0.25, -0.2) is 38.0 Å². The predicted octanol–water partition coefficient (Wildman–Crippen LogP) is 6.31. The minimum Gasteiger partial charge on any atom is -0.459 e. The summed E-state index contributed by atoms with van der Waals surface area (Å²) in [5.74, 6) is -7.19. The molecule has 3 fully saturated rings. The molecule has 4 aromatic heterocycles. The summed E-state index contributed by atoms with van der Waals surface area (Å²) >= 11 is 2.54. The Morgan fingerprint density at radius 2 is 1.53 bits per heavy atom. The number of nitrogens with two attached hydrogens (primary N) is 1. The highest BCUT2D eigenvalue weighted by molar-refractivity contribution is 7.99. The van der Waals surface area contributed by atoms with Gasteiger partial charge in [0.1, 0.15) is 47.1 Å². The van der Waals surface area contributed by atoms with E-state index in [1.165, 1.54) is 57.2 Å². The number of imidazole rings is 1. The molecular weight excluding hydrogens is 924 g/mol. The summed E-state index contributed by atoms with van der Waals surface area (Å²) in [7, 11) is 0. The van der Waals surface area contributed by atoms with Crippen molar-refractivity contribution in [1.82, 2.24) is 34.2 Å². The van der Waals surface area contributed by atoms with Crippen LogP contribution in [0.25, 0.3) is 11.2 Å². The first-order valence-corrected chi connectivity index (χ1v) is 23.5. The van der Waals surface area contributed by atoms with Crippen molar-refractivity contribution >= 4 is 58.4 Å². The van der Waals surface area contributed by atoms with E-state index in [2.05, 4.69) is 25.1 Å². The molecule has 19 nitrogen and oxygen atoms in total. The molecule has 3 N–H and O–H groups in total.